The van der Waals surface area contributed by atoms with E-state index in [-0.39, 0.29) is 11.8 Å². The molecule has 1 aliphatic heterocycles. The number of hydrogen-bond donors (Lipinski definition) is 3. The van der Waals surface area contributed by atoms with E-state index in [4.69, 9.17) is 4.74 Å². The number of rotatable bonds is 9. The number of amides is 4. The molecule has 3 fully saturated rings. The maximum atomic E-state index is 13.6. The summed E-state index contributed by atoms with van der Waals surface area (Å²) in [6.07, 6.45) is 7.82. The molecule has 0 spiro atoms. The van der Waals surface area contributed by atoms with Crippen LogP contribution in [0, 0.1) is 0 Å². The van der Waals surface area contributed by atoms with Gasteiger partial charge in [-0.25, -0.2) is 4.79 Å². The molecule has 0 bridgehead atoms. The molecule has 3 N–H and O–H groups in total. The minimum Gasteiger partial charge on any atom is -0.378 e. The number of unbranched alkanes of at least 4 members (excludes halogenated alkanes) is 1. The van der Waals surface area contributed by atoms with Crippen molar-refractivity contribution in [3.63, 3.8) is 0 Å². The third-order valence-electron chi connectivity index (χ3n) is 7.34. The number of carbonyl (C=O) groups is 5. The second-order valence-electron chi connectivity index (χ2n) is 9.94. The lowest BCUT2D eigenvalue weighted by Crippen LogP contribution is -2.64. The largest absolute Gasteiger partial charge is 0.378 e. The van der Waals surface area contributed by atoms with Crippen LogP contribution in [0.25, 0.3) is 0 Å². The van der Waals surface area contributed by atoms with Crippen LogP contribution in [0.2, 0.25) is 0 Å². The van der Waals surface area contributed by atoms with Gasteiger partial charge in [-0.1, -0.05) is 45.4 Å². The maximum Gasteiger partial charge on any atom is 0.318 e. The van der Waals surface area contributed by atoms with E-state index in [2.05, 4.69) is 16.0 Å². The lowest BCUT2D eigenvalue weighted by Gasteiger charge is -2.39. The molecule has 1 heterocycles. The zero-order valence-electron chi connectivity index (χ0n) is 20.9. The molecular weight excluding hydrogens is 452 g/mol. The summed E-state index contributed by atoms with van der Waals surface area (Å²) in [5, 5.41) is 8.36. The highest BCUT2D eigenvalue weighted by molar-refractivity contribution is 6.38. The fraction of sp³-hybridized carbons (Fsp3) is 0.800. The normalized spacial score (nSPS) is 23.2. The van der Waals surface area contributed by atoms with E-state index in [1.165, 1.54) is 0 Å². The average Bonchev–Trinajstić information content (AvgIpc) is 2.88. The SMILES string of the molecule is CCCC[C@H](NC(=O)C1(NC(=O)N2CCOCC2)CCCCC1)C(=O)C(=O)N[C@@H]1CCCCC1=O. The molecule has 0 aromatic heterocycles. The van der Waals surface area contributed by atoms with Crippen molar-refractivity contribution in [1.82, 2.24) is 20.9 Å². The van der Waals surface area contributed by atoms with Gasteiger partial charge in [-0.3, -0.25) is 19.2 Å². The number of ketones is 2. The molecule has 2 aliphatic carbocycles. The first-order valence-corrected chi connectivity index (χ1v) is 13.2. The molecular formula is C25H40N4O6. The Bertz CT molecular complexity index is 789. The van der Waals surface area contributed by atoms with Gasteiger partial charge in [0.15, 0.2) is 5.78 Å². The number of Topliss-reactive ketones (excluding diaryl/α,β-unsaturated/α-hetero) is 2. The van der Waals surface area contributed by atoms with Crippen molar-refractivity contribution < 1.29 is 28.7 Å². The first-order valence-electron chi connectivity index (χ1n) is 13.2. The van der Waals surface area contributed by atoms with Gasteiger partial charge < -0.3 is 25.6 Å². The number of nitrogens with zero attached hydrogens (tertiary/aromatic N) is 1. The van der Waals surface area contributed by atoms with Gasteiger partial charge in [0.05, 0.1) is 25.3 Å². The van der Waals surface area contributed by atoms with E-state index >= 15 is 0 Å². The summed E-state index contributed by atoms with van der Waals surface area (Å²) in [7, 11) is 0. The molecule has 10 nitrogen and oxygen atoms in total. The number of urea groups is 1. The molecule has 2 atom stereocenters. The van der Waals surface area contributed by atoms with E-state index in [0.717, 1.165) is 38.5 Å². The number of morpholine rings is 1. The number of hydrogen-bond acceptors (Lipinski definition) is 6. The lowest BCUT2D eigenvalue weighted by molar-refractivity contribution is -0.142. The fourth-order valence-electron chi connectivity index (χ4n) is 5.11. The fourth-order valence-corrected chi connectivity index (χ4v) is 5.11. The Morgan fingerprint density at radius 3 is 2.43 bits per heavy atom. The van der Waals surface area contributed by atoms with Gasteiger partial charge in [-0.2, -0.15) is 0 Å². The number of carbonyl (C=O) groups excluding carboxylic acids is 5. The Morgan fingerprint density at radius 1 is 1.06 bits per heavy atom. The number of nitrogens with one attached hydrogen (secondary N) is 3. The van der Waals surface area contributed by atoms with Crippen LogP contribution < -0.4 is 16.0 Å². The smallest absolute Gasteiger partial charge is 0.318 e. The molecule has 3 aliphatic rings. The summed E-state index contributed by atoms with van der Waals surface area (Å²) < 4.78 is 5.31. The second kappa shape index (κ2) is 13.0. The topological polar surface area (TPSA) is 134 Å². The summed E-state index contributed by atoms with van der Waals surface area (Å²) in [6, 6.07) is -1.95. The summed E-state index contributed by atoms with van der Waals surface area (Å²) in [5.74, 6) is -2.05. The Balaban J connectivity index is 1.69. The molecule has 0 aromatic carbocycles. The quantitative estimate of drug-likeness (QED) is 0.419. The van der Waals surface area contributed by atoms with Gasteiger partial charge in [0.2, 0.25) is 11.7 Å². The molecule has 35 heavy (non-hydrogen) atoms. The molecule has 10 heteroatoms. The van der Waals surface area contributed by atoms with Crippen molar-refractivity contribution in [2.45, 2.75) is 102 Å². The Kier molecular flexibility index (Phi) is 10.1. The predicted molar refractivity (Wildman–Crippen MR) is 129 cm³/mol. The highest BCUT2D eigenvalue weighted by Gasteiger charge is 2.43. The van der Waals surface area contributed by atoms with Crippen molar-refractivity contribution in [2.75, 3.05) is 26.3 Å². The van der Waals surface area contributed by atoms with Crippen LogP contribution in [-0.4, -0.2) is 78.2 Å². The first-order chi connectivity index (χ1) is 16.9. The van der Waals surface area contributed by atoms with Crippen LogP contribution in [0.3, 0.4) is 0 Å². The van der Waals surface area contributed by atoms with Gasteiger partial charge in [0.25, 0.3) is 5.91 Å². The minimum atomic E-state index is -1.12. The molecule has 0 radical (unpaired) electrons. The van der Waals surface area contributed by atoms with Crippen LogP contribution in [-0.2, 0) is 23.9 Å². The molecule has 3 rings (SSSR count). The van der Waals surface area contributed by atoms with Gasteiger partial charge in [0.1, 0.15) is 5.54 Å². The van der Waals surface area contributed by atoms with E-state index in [1.54, 1.807) is 4.90 Å². The van der Waals surface area contributed by atoms with Crippen molar-refractivity contribution in [3.05, 3.63) is 0 Å². The zero-order chi connectivity index (χ0) is 25.3. The van der Waals surface area contributed by atoms with Crippen molar-refractivity contribution >= 4 is 29.4 Å². The Labute approximate surface area is 207 Å². The van der Waals surface area contributed by atoms with Gasteiger partial charge >= 0.3 is 6.03 Å². The minimum absolute atomic E-state index is 0.0569. The van der Waals surface area contributed by atoms with Crippen molar-refractivity contribution in [1.29, 1.82) is 0 Å². The number of ether oxygens (including phenoxy) is 1. The van der Waals surface area contributed by atoms with E-state index < -0.39 is 35.2 Å². The average molecular weight is 493 g/mol. The van der Waals surface area contributed by atoms with E-state index in [9.17, 15) is 24.0 Å². The van der Waals surface area contributed by atoms with E-state index in [1.807, 2.05) is 6.92 Å². The maximum absolute atomic E-state index is 13.6. The molecule has 2 saturated carbocycles. The standard InChI is InChI=1S/C25H40N4O6/c1-2-3-9-19(21(31)22(32)26-18-10-5-6-11-20(18)30)27-23(33)25(12-7-4-8-13-25)28-24(34)29-14-16-35-17-15-29/h18-19H,2-17H2,1H3,(H,26,32)(H,27,33)(H,28,34)/t18-,19+/m1/s1. The highest BCUT2D eigenvalue weighted by atomic mass is 16.5. The zero-order valence-corrected chi connectivity index (χ0v) is 20.9. The van der Waals surface area contributed by atoms with Crippen LogP contribution in [0.5, 0.6) is 0 Å². The molecule has 0 unspecified atom stereocenters. The summed E-state index contributed by atoms with van der Waals surface area (Å²) in [5.41, 5.74) is -1.12. The highest BCUT2D eigenvalue weighted by Crippen LogP contribution is 2.29. The van der Waals surface area contributed by atoms with Crippen molar-refractivity contribution in [2.24, 2.45) is 0 Å². The van der Waals surface area contributed by atoms with Crippen molar-refractivity contribution in [3.8, 4) is 0 Å². The van der Waals surface area contributed by atoms with E-state index in [0.29, 0.717) is 64.8 Å². The molecule has 4 amide bonds. The van der Waals surface area contributed by atoms with Gasteiger partial charge in [-0.15, -0.1) is 0 Å². The van der Waals surface area contributed by atoms with Crippen LogP contribution in [0.15, 0.2) is 0 Å². The summed E-state index contributed by atoms with van der Waals surface area (Å²) in [6.45, 7) is 3.80. The summed E-state index contributed by atoms with van der Waals surface area (Å²) >= 11 is 0. The Hall–Kier alpha value is -2.49. The second-order valence-corrected chi connectivity index (χ2v) is 9.94. The lowest BCUT2D eigenvalue weighted by atomic mass is 9.80. The predicted octanol–water partition coefficient (Wildman–Crippen LogP) is 1.60. The van der Waals surface area contributed by atoms with Crippen LogP contribution in [0.4, 0.5) is 4.79 Å². The summed E-state index contributed by atoms with van der Waals surface area (Å²) in [4.78, 5) is 66.1. The third-order valence-corrected chi connectivity index (χ3v) is 7.34. The molecule has 196 valence electrons. The third kappa shape index (κ3) is 7.25. The molecule has 0 aromatic rings. The monoisotopic (exact) mass is 492 g/mol. The Morgan fingerprint density at radius 2 is 1.77 bits per heavy atom. The first kappa shape index (κ1) is 27.1. The van der Waals surface area contributed by atoms with Crippen LogP contribution >= 0.6 is 0 Å². The van der Waals surface area contributed by atoms with Gasteiger partial charge in [0, 0.05) is 19.5 Å². The van der Waals surface area contributed by atoms with Crippen LogP contribution in [0.1, 0.15) is 84.0 Å². The molecule has 1 saturated heterocycles. The van der Waals surface area contributed by atoms with Gasteiger partial charge in [-0.05, 0) is 32.1 Å².